The lowest BCUT2D eigenvalue weighted by atomic mass is 10.1. The summed E-state index contributed by atoms with van der Waals surface area (Å²) in [6.07, 6.45) is 2.50. The van der Waals surface area contributed by atoms with E-state index in [-0.39, 0.29) is 6.61 Å². The average Bonchev–Trinajstić information content (AvgIpc) is 3.19. The second kappa shape index (κ2) is 5.52. The van der Waals surface area contributed by atoms with Gasteiger partial charge in [-0.15, -0.1) is 0 Å². The molecule has 2 rings (SSSR count). The molecule has 1 unspecified atom stereocenters. The number of nitrogens with one attached hydrogen (secondary N) is 1. The molecule has 1 aliphatic carbocycles. The normalized spacial score (nSPS) is 16.9. The molecule has 94 valence electrons. The molecule has 1 aromatic carbocycles. The molecule has 0 amide bonds. The summed E-state index contributed by atoms with van der Waals surface area (Å²) >= 11 is 0. The van der Waals surface area contributed by atoms with Crippen molar-refractivity contribution in [1.82, 2.24) is 5.32 Å². The molecule has 0 saturated heterocycles. The van der Waals surface area contributed by atoms with Gasteiger partial charge in [0.05, 0.1) is 6.61 Å². The van der Waals surface area contributed by atoms with Crippen molar-refractivity contribution in [3.8, 4) is 0 Å². The highest BCUT2D eigenvalue weighted by atomic mass is 16.3. The van der Waals surface area contributed by atoms with E-state index in [1.807, 2.05) is 7.05 Å². The number of hydrogen-bond acceptors (Lipinski definition) is 3. The molecule has 0 spiro atoms. The first-order chi connectivity index (χ1) is 8.27. The highest BCUT2D eigenvalue weighted by Gasteiger charge is 2.30. The van der Waals surface area contributed by atoms with E-state index in [0.29, 0.717) is 12.1 Å². The SMILES string of the molecule is CNC(C)c1ccccc1N(CCO)C1CC1. The minimum atomic E-state index is 0.221. The fourth-order valence-electron chi connectivity index (χ4n) is 2.26. The zero-order valence-electron chi connectivity index (χ0n) is 10.7. The van der Waals surface area contributed by atoms with Crippen molar-refractivity contribution in [2.45, 2.75) is 31.8 Å². The third kappa shape index (κ3) is 2.79. The lowest BCUT2D eigenvalue weighted by Crippen LogP contribution is -2.30. The summed E-state index contributed by atoms with van der Waals surface area (Å²) in [6.45, 7) is 3.12. The predicted molar refractivity (Wildman–Crippen MR) is 71.4 cm³/mol. The molecule has 1 fully saturated rings. The molecule has 0 bridgehead atoms. The van der Waals surface area contributed by atoms with Crippen molar-refractivity contribution in [2.24, 2.45) is 0 Å². The first-order valence-corrected chi connectivity index (χ1v) is 6.41. The van der Waals surface area contributed by atoms with Gasteiger partial charge < -0.3 is 15.3 Å². The summed E-state index contributed by atoms with van der Waals surface area (Å²) in [5.74, 6) is 0. The molecule has 3 heteroatoms. The van der Waals surface area contributed by atoms with E-state index in [1.54, 1.807) is 0 Å². The molecule has 0 heterocycles. The minimum absolute atomic E-state index is 0.221. The zero-order chi connectivity index (χ0) is 12.3. The van der Waals surface area contributed by atoms with Crippen LogP contribution in [0.4, 0.5) is 5.69 Å². The van der Waals surface area contributed by atoms with Crippen LogP contribution in [0.25, 0.3) is 0 Å². The van der Waals surface area contributed by atoms with Gasteiger partial charge in [0.25, 0.3) is 0 Å². The van der Waals surface area contributed by atoms with Crippen LogP contribution in [0.2, 0.25) is 0 Å². The molecule has 0 radical (unpaired) electrons. The Morgan fingerprint density at radius 1 is 1.41 bits per heavy atom. The van der Waals surface area contributed by atoms with Crippen molar-refractivity contribution < 1.29 is 5.11 Å². The fraction of sp³-hybridized carbons (Fsp3) is 0.571. The zero-order valence-corrected chi connectivity index (χ0v) is 10.7. The Kier molecular flexibility index (Phi) is 4.02. The van der Waals surface area contributed by atoms with Crippen LogP contribution in [-0.4, -0.2) is 31.3 Å². The van der Waals surface area contributed by atoms with E-state index in [2.05, 4.69) is 41.4 Å². The maximum atomic E-state index is 9.20. The largest absolute Gasteiger partial charge is 0.395 e. The third-order valence-corrected chi connectivity index (χ3v) is 3.47. The molecule has 1 atom stereocenters. The van der Waals surface area contributed by atoms with E-state index in [1.165, 1.54) is 24.1 Å². The molecule has 1 aromatic rings. The Morgan fingerprint density at radius 3 is 2.71 bits per heavy atom. The maximum Gasteiger partial charge on any atom is 0.0606 e. The summed E-state index contributed by atoms with van der Waals surface area (Å²) in [4.78, 5) is 2.35. The Hall–Kier alpha value is -1.06. The lowest BCUT2D eigenvalue weighted by Gasteiger charge is -2.28. The van der Waals surface area contributed by atoms with Crippen LogP contribution in [0.1, 0.15) is 31.4 Å². The van der Waals surface area contributed by atoms with Crippen molar-refractivity contribution in [3.63, 3.8) is 0 Å². The van der Waals surface area contributed by atoms with Crippen molar-refractivity contribution in [3.05, 3.63) is 29.8 Å². The summed E-state index contributed by atoms with van der Waals surface area (Å²) in [7, 11) is 1.98. The van der Waals surface area contributed by atoms with E-state index in [9.17, 15) is 5.11 Å². The van der Waals surface area contributed by atoms with Gasteiger partial charge in [0.15, 0.2) is 0 Å². The monoisotopic (exact) mass is 234 g/mol. The number of para-hydroxylation sites is 1. The Morgan fingerprint density at radius 2 is 2.12 bits per heavy atom. The molecular weight excluding hydrogens is 212 g/mol. The molecule has 17 heavy (non-hydrogen) atoms. The quantitative estimate of drug-likeness (QED) is 0.789. The van der Waals surface area contributed by atoms with E-state index < -0.39 is 0 Å². The van der Waals surface area contributed by atoms with Crippen LogP contribution >= 0.6 is 0 Å². The van der Waals surface area contributed by atoms with Crippen molar-refractivity contribution in [2.75, 3.05) is 25.1 Å². The fourth-order valence-corrected chi connectivity index (χ4v) is 2.26. The average molecular weight is 234 g/mol. The van der Waals surface area contributed by atoms with Gasteiger partial charge in [0.1, 0.15) is 0 Å². The van der Waals surface area contributed by atoms with Crippen LogP contribution in [0.3, 0.4) is 0 Å². The summed E-state index contributed by atoms with van der Waals surface area (Å²) in [5, 5.41) is 12.5. The van der Waals surface area contributed by atoms with Crippen molar-refractivity contribution >= 4 is 5.69 Å². The van der Waals surface area contributed by atoms with Gasteiger partial charge in [-0.1, -0.05) is 18.2 Å². The number of benzene rings is 1. The van der Waals surface area contributed by atoms with Gasteiger partial charge in [0.2, 0.25) is 0 Å². The van der Waals surface area contributed by atoms with Crippen LogP contribution < -0.4 is 10.2 Å². The van der Waals surface area contributed by atoms with Gasteiger partial charge in [-0.05, 0) is 38.4 Å². The van der Waals surface area contributed by atoms with Crippen LogP contribution in [-0.2, 0) is 0 Å². The molecule has 3 nitrogen and oxygen atoms in total. The van der Waals surface area contributed by atoms with Crippen LogP contribution in [0, 0.1) is 0 Å². The molecule has 1 saturated carbocycles. The Bertz CT molecular complexity index is 363. The maximum absolute atomic E-state index is 9.20. The number of aliphatic hydroxyl groups is 1. The molecule has 0 aromatic heterocycles. The van der Waals surface area contributed by atoms with Gasteiger partial charge in [-0.25, -0.2) is 0 Å². The van der Waals surface area contributed by atoms with Crippen molar-refractivity contribution in [1.29, 1.82) is 0 Å². The molecule has 1 aliphatic rings. The number of rotatable bonds is 6. The highest BCUT2D eigenvalue weighted by molar-refractivity contribution is 5.56. The number of nitrogens with zero attached hydrogens (tertiary/aromatic N) is 1. The van der Waals surface area contributed by atoms with Crippen LogP contribution in [0.5, 0.6) is 0 Å². The highest BCUT2D eigenvalue weighted by Crippen LogP contribution is 2.35. The number of hydrogen-bond donors (Lipinski definition) is 2. The summed E-state index contributed by atoms with van der Waals surface area (Å²) in [5.41, 5.74) is 2.58. The lowest BCUT2D eigenvalue weighted by molar-refractivity contribution is 0.301. The molecule has 0 aliphatic heterocycles. The summed E-state index contributed by atoms with van der Waals surface area (Å²) in [6, 6.07) is 9.46. The molecule has 2 N–H and O–H groups in total. The van der Waals surface area contributed by atoms with Gasteiger partial charge in [-0.3, -0.25) is 0 Å². The second-order valence-corrected chi connectivity index (χ2v) is 4.72. The number of anilines is 1. The minimum Gasteiger partial charge on any atom is -0.395 e. The first kappa shape index (κ1) is 12.4. The van der Waals surface area contributed by atoms with Gasteiger partial charge >= 0.3 is 0 Å². The van der Waals surface area contributed by atoms with E-state index >= 15 is 0 Å². The Balaban J connectivity index is 2.28. The third-order valence-electron chi connectivity index (χ3n) is 3.47. The predicted octanol–water partition coefficient (Wildman–Crippen LogP) is 1.93. The standard InChI is InChI=1S/C14H22N2O/c1-11(15-2)13-5-3-4-6-14(13)16(9-10-17)12-7-8-12/h3-6,11-12,15,17H,7-10H2,1-2H3. The first-order valence-electron chi connectivity index (χ1n) is 6.41. The van der Waals surface area contributed by atoms with Gasteiger partial charge in [-0.2, -0.15) is 0 Å². The summed E-state index contributed by atoms with van der Waals surface area (Å²) < 4.78 is 0. The smallest absolute Gasteiger partial charge is 0.0606 e. The number of aliphatic hydroxyl groups excluding tert-OH is 1. The van der Waals surface area contributed by atoms with Crippen LogP contribution in [0.15, 0.2) is 24.3 Å². The van der Waals surface area contributed by atoms with Gasteiger partial charge in [0, 0.05) is 24.3 Å². The Labute approximate surface area is 103 Å². The topological polar surface area (TPSA) is 35.5 Å². The second-order valence-electron chi connectivity index (χ2n) is 4.72. The van der Waals surface area contributed by atoms with E-state index in [0.717, 1.165) is 6.54 Å². The molecular formula is C14H22N2O. The van der Waals surface area contributed by atoms with E-state index in [4.69, 9.17) is 0 Å².